The summed E-state index contributed by atoms with van der Waals surface area (Å²) >= 11 is 0. The van der Waals surface area contributed by atoms with E-state index in [1.807, 2.05) is 30.5 Å². The van der Waals surface area contributed by atoms with Crippen molar-refractivity contribution in [1.82, 2.24) is 19.7 Å². The molecule has 5 rings (SSSR count). The average molecular weight is 424 g/mol. The molecule has 0 bridgehead atoms. The van der Waals surface area contributed by atoms with E-state index in [-0.39, 0.29) is 0 Å². The van der Waals surface area contributed by atoms with Gasteiger partial charge in [0.2, 0.25) is 5.65 Å². The van der Waals surface area contributed by atoms with Gasteiger partial charge < -0.3 is 10.1 Å². The minimum absolute atomic E-state index is 0.471. The fourth-order valence-corrected chi connectivity index (χ4v) is 4.20. The normalized spacial score (nSPS) is 16.1. The molecule has 6 nitrogen and oxygen atoms in total. The predicted molar refractivity (Wildman–Crippen MR) is 126 cm³/mol. The van der Waals surface area contributed by atoms with E-state index in [1.54, 1.807) is 6.20 Å². The molecule has 4 aromatic rings. The molecule has 0 spiro atoms. The van der Waals surface area contributed by atoms with Gasteiger partial charge in [0.1, 0.15) is 0 Å². The first-order valence-electron chi connectivity index (χ1n) is 11.0. The van der Waals surface area contributed by atoms with Crippen molar-refractivity contribution in [2.75, 3.05) is 19.7 Å². The second kappa shape index (κ2) is 8.81. The smallest absolute Gasteiger partial charge is 0.259 e. The molecule has 2 aromatic heterocycles. The van der Waals surface area contributed by atoms with Gasteiger partial charge in [-0.05, 0) is 31.9 Å². The van der Waals surface area contributed by atoms with E-state index in [9.17, 15) is 0 Å². The molecule has 6 heteroatoms. The van der Waals surface area contributed by atoms with Crippen LogP contribution in [0.25, 0.3) is 33.0 Å². The molecule has 1 aliphatic rings. The lowest BCUT2D eigenvalue weighted by molar-refractivity contribution is 0.213. The number of nitrogens with zero attached hydrogens (tertiary/aromatic N) is 4. The second-order valence-corrected chi connectivity index (χ2v) is 8.28. The minimum atomic E-state index is 0.471. The van der Waals surface area contributed by atoms with Crippen LogP contribution in [0.2, 0.25) is 0 Å². The van der Waals surface area contributed by atoms with Gasteiger partial charge in [0.15, 0.2) is 5.69 Å². The van der Waals surface area contributed by atoms with Crippen LogP contribution in [-0.2, 0) is 0 Å². The number of piperidine rings is 1. The van der Waals surface area contributed by atoms with E-state index in [4.69, 9.17) is 16.3 Å². The van der Waals surface area contributed by atoms with Crippen molar-refractivity contribution in [2.45, 2.75) is 19.8 Å². The first-order chi connectivity index (χ1) is 15.7. The zero-order chi connectivity index (χ0) is 21.9. The molecule has 160 valence electrons. The molecular formula is C26H25N5O. The Balaban J connectivity index is 1.64. The number of ether oxygens (including phenoxy) is 1. The Hall–Kier alpha value is -3.69. The SMILES string of the molecule is [C-]#[N+]c1ccc(-c2nc(OC[C@H]3CCCNC3)c3nccn3c2-c2ccc(C)cc2)cc1. The van der Waals surface area contributed by atoms with Crippen LogP contribution in [0, 0.1) is 19.4 Å². The van der Waals surface area contributed by atoms with E-state index in [0.717, 1.165) is 42.0 Å². The van der Waals surface area contributed by atoms with E-state index in [1.165, 1.54) is 12.0 Å². The Morgan fingerprint density at radius 3 is 2.62 bits per heavy atom. The Bertz CT molecular complexity index is 1260. The van der Waals surface area contributed by atoms with Crippen molar-refractivity contribution in [3.8, 4) is 28.4 Å². The topological polar surface area (TPSA) is 55.8 Å². The summed E-state index contributed by atoms with van der Waals surface area (Å²) in [5.74, 6) is 1.01. The summed E-state index contributed by atoms with van der Waals surface area (Å²) in [4.78, 5) is 13.1. The standard InChI is InChI=1S/C26H25N5O/c1-18-5-7-21(8-6-18)24-23(20-9-11-22(27-2)12-10-20)30-26(25-29-14-15-31(24)25)32-17-19-4-3-13-28-16-19/h5-12,14-15,19,28H,3-4,13,16-17H2,1H3/t19-/m0/s1. The summed E-state index contributed by atoms with van der Waals surface area (Å²) in [6.07, 6.45) is 6.07. The molecule has 0 saturated carbocycles. The van der Waals surface area contributed by atoms with Crippen LogP contribution in [0.15, 0.2) is 60.9 Å². The van der Waals surface area contributed by atoms with Crippen LogP contribution in [0.3, 0.4) is 0 Å². The van der Waals surface area contributed by atoms with E-state index >= 15 is 0 Å². The number of hydrogen-bond donors (Lipinski definition) is 1. The third-order valence-electron chi connectivity index (χ3n) is 5.96. The Morgan fingerprint density at radius 1 is 1.12 bits per heavy atom. The van der Waals surface area contributed by atoms with E-state index in [0.29, 0.717) is 29.7 Å². The Kier molecular flexibility index (Phi) is 5.57. The van der Waals surface area contributed by atoms with Crippen LogP contribution in [0.4, 0.5) is 5.69 Å². The predicted octanol–water partition coefficient (Wildman–Crippen LogP) is 5.30. The molecule has 32 heavy (non-hydrogen) atoms. The number of aryl methyl sites for hydroxylation is 1. The first-order valence-corrected chi connectivity index (χ1v) is 11.0. The van der Waals surface area contributed by atoms with Gasteiger partial charge >= 0.3 is 0 Å². The van der Waals surface area contributed by atoms with Gasteiger partial charge in [0, 0.05) is 30.4 Å². The molecule has 0 radical (unpaired) electrons. The lowest BCUT2D eigenvalue weighted by Crippen LogP contribution is -2.33. The largest absolute Gasteiger partial charge is 0.475 e. The Morgan fingerprint density at radius 2 is 1.91 bits per heavy atom. The summed E-state index contributed by atoms with van der Waals surface area (Å²) in [7, 11) is 0. The third kappa shape index (κ3) is 3.95. The maximum atomic E-state index is 7.26. The highest BCUT2D eigenvalue weighted by Crippen LogP contribution is 2.35. The van der Waals surface area contributed by atoms with Crippen LogP contribution in [-0.4, -0.2) is 34.1 Å². The molecule has 1 aliphatic heterocycles. The second-order valence-electron chi connectivity index (χ2n) is 8.28. The Labute approximate surface area is 187 Å². The number of benzene rings is 2. The number of rotatable bonds is 5. The van der Waals surface area contributed by atoms with Crippen molar-refractivity contribution in [3.63, 3.8) is 0 Å². The van der Waals surface area contributed by atoms with Gasteiger partial charge in [0.25, 0.3) is 5.88 Å². The lowest BCUT2D eigenvalue weighted by Gasteiger charge is -2.23. The fourth-order valence-electron chi connectivity index (χ4n) is 4.20. The zero-order valence-corrected chi connectivity index (χ0v) is 18.1. The molecule has 0 aliphatic carbocycles. The summed E-state index contributed by atoms with van der Waals surface area (Å²) in [6.45, 7) is 12.0. The zero-order valence-electron chi connectivity index (χ0n) is 18.1. The summed E-state index contributed by atoms with van der Waals surface area (Å²) in [5, 5.41) is 3.44. The quantitative estimate of drug-likeness (QED) is 0.443. The molecular weight excluding hydrogens is 398 g/mol. The monoisotopic (exact) mass is 423 g/mol. The van der Waals surface area contributed by atoms with Gasteiger partial charge in [-0.1, -0.05) is 54.1 Å². The van der Waals surface area contributed by atoms with Crippen molar-refractivity contribution in [3.05, 3.63) is 77.9 Å². The third-order valence-corrected chi connectivity index (χ3v) is 5.96. The van der Waals surface area contributed by atoms with Gasteiger partial charge in [-0.3, -0.25) is 4.40 Å². The lowest BCUT2D eigenvalue weighted by atomic mass is 10.0. The van der Waals surface area contributed by atoms with Gasteiger partial charge in [-0.15, -0.1) is 0 Å². The van der Waals surface area contributed by atoms with Crippen LogP contribution in [0.5, 0.6) is 5.88 Å². The summed E-state index contributed by atoms with van der Waals surface area (Å²) in [6, 6.07) is 16.0. The molecule has 0 unspecified atom stereocenters. The minimum Gasteiger partial charge on any atom is -0.475 e. The van der Waals surface area contributed by atoms with Crippen LogP contribution < -0.4 is 10.1 Å². The van der Waals surface area contributed by atoms with Crippen LogP contribution in [0.1, 0.15) is 18.4 Å². The maximum absolute atomic E-state index is 7.26. The summed E-state index contributed by atoms with van der Waals surface area (Å²) in [5.41, 5.74) is 6.28. The summed E-state index contributed by atoms with van der Waals surface area (Å²) < 4.78 is 8.31. The van der Waals surface area contributed by atoms with Gasteiger partial charge in [0.05, 0.1) is 24.6 Å². The number of fused-ring (bicyclic) bond motifs is 1. The van der Waals surface area contributed by atoms with E-state index < -0.39 is 0 Å². The van der Waals surface area contributed by atoms with Crippen molar-refractivity contribution in [2.24, 2.45) is 5.92 Å². The highest BCUT2D eigenvalue weighted by Gasteiger charge is 2.20. The average Bonchev–Trinajstić information content (AvgIpc) is 3.34. The highest BCUT2D eigenvalue weighted by atomic mass is 16.5. The van der Waals surface area contributed by atoms with Gasteiger partial charge in [-0.25, -0.2) is 14.8 Å². The number of imidazole rings is 1. The molecule has 2 aromatic carbocycles. The van der Waals surface area contributed by atoms with Crippen LogP contribution >= 0.6 is 0 Å². The number of hydrogen-bond acceptors (Lipinski definition) is 4. The highest BCUT2D eigenvalue weighted by molar-refractivity contribution is 5.82. The van der Waals surface area contributed by atoms with Crippen molar-refractivity contribution in [1.29, 1.82) is 0 Å². The van der Waals surface area contributed by atoms with Gasteiger partial charge in [-0.2, -0.15) is 0 Å². The molecule has 1 saturated heterocycles. The fraction of sp³-hybridized carbons (Fsp3) is 0.269. The number of aromatic nitrogens is 3. The molecule has 1 N–H and O–H groups in total. The maximum Gasteiger partial charge on any atom is 0.259 e. The van der Waals surface area contributed by atoms with E-state index in [2.05, 4.69) is 50.7 Å². The first kappa shape index (κ1) is 20.2. The van der Waals surface area contributed by atoms with Crippen molar-refractivity contribution < 1.29 is 4.74 Å². The molecule has 3 heterocycles. The molecule has 1 atom stereocenters. The molecule has 0 amide bonds. The molecule has 1 fully saturated rings. The number of nitrogens with one attached hydrogen (secondary N) is 1. The van der Waals surface area contributed by atoms with Crippen molar-refractivity contribution >= 4 is 11.3 Å².